The minimum atomic E-state index is 0.206. The number of ether oxygens (including phenoxy) is 1. The molecule has 114 valence electrons. The highest BCUT2D eigenvalue weighted by atomic mass is 16.5. The Hall–Kier alpha value is -1.74. The van der Waals surface area contributed by atoms with E-state index in [4.69, 9.17) is 9.15 Å². The lowest BCUT2D eigenvalue weighted by Crippen LogP contribution is -2.23. The predicted molar refractivity (Wildman–Crippen MR) is 85.8 cm³/mol. The van der Waals surface area contributed by atoms with Gasteiger partial charge >= 0.3 is 0 Å². The van der Waals surface area contributed by atoms with Crippen LogP contribution in [0.4, 0.5) is 0 Å². The van der Waals surface area contributed by atoms with Crippen LogP contribution in [0.15, 0.2) is 34.7 Å². The summed E-state index contributed by atoms with van der Waals surface area (Å²) in [6.07, 6.45) is 0. The van der Waals surface area contributed by atoms with Crippen molar-refractivity contribution in [2.75, 3.05) is 6.61 Å². The van der Waals surface area contributed by atoms with Crippen molar-refractivity contribution in [1.82, 2.24) is 5.32 Å². The molecule has 0 aliphatic carbocycles. The zero-order chi connectivity index (χ0) is 15.4. The maximum Gasteiger partial charge on any atom is 0.124 e. The smallest absolute Gasteiger partial charge is 0.124 e. The van der Waals surface area contributed by atoms with Crippen molar-refractivity contribution in [2.45, 2.75) is 46.7 Å². The molecule has 1 N–H and O–H groups in total. The van der Waals surface area contributed by atoms with Gasteiger partial charge in [-0.2, -0.15) is 0 Å². The number of rotatable bonds is 6. The summed E-state index contributed by atoms with van der Waals surface area (Å²) in [6, 6.07) is 10.7. The molecule has 1 heterocycles. The molecular formula is C18H25NO2. The first-order valence-corrected chi connectivity index (χ1v) is 7.57. The van der Waals surface area contributed by atoms with Crippen LogP contribution in [-0.2, 0) is 0 Å². The van der Waals surface area contributed by atoms with Gasteiger partial charge in [-0.15, -0.1) is 0 Å². The summed E-state index contributed by atoms with van der Waals surface area (Å²) in [5.41, 5.74) is 2.40. The maximum atomic E-state index is 5.71. The molecule has 2 rings (SSSR count). The highest BCUT2D eigenvalue weighted by molar-refractivity contribution is 5.36. The Labute approximate surface area is 127 Å². The molecule has 2 aromatic rings. The zero-order valence-electron chi connectivity index (χ0n) is 13.6. The van der Waals surface area contributed by atoms with Gasteiger partial charge < -0.3 is 14.5 Å². The highest BCUT2D eigenvalue weighted by Crippen LogP contribution is 2.28. The molecule has 2 unspecified atom stereocenters. The Morgan fingerprint density at radius 3 is 2.38 bits per heavy atom. The number of hydrogen-bond acceptors (Lipinski definition) is 3. The van der Waals surface area contributed by atoms with Gasteiger partial charge in [0.25, 0.3) is 0 Å². The molecule has 2 atom stereocenters. The number of para-hydroxylation sites is 1. The minimum absolute atomic E-state index is 0.206. The summed E-state index contributed by atoms with van der Waals surface area (Å²) in [4.78, 5) is 0. The molecule has 0 aliphatic rings. The summed E-state index contributed by atoms with van der Waals surface area (Å²) in [6.45, 7) is 11.0. The van der Waals surface area contributed by atoms with Gasteiger partial charge in [-0.05, 0) is 46.8 Å². The average molecular weight is 287 g/mol. The fourth-order valence-corrected chi connectivity index (χ4v) is 2.76. The third kappa shape index (κ3) is 3.67. The summed E-state index contributed by atoms with van der Waals surface area (Å²) in [5.74, 6) is 2.89. The van der Waals surface area contributed by atoms with E-state index in [1.54, 1.807) is 0 Å². The van der Waals surface area contributed by atoms with Crippen LogP contribution in [0.25, 0.3) is 0 Å². The van der Waals surface area contributed by atoms with Crippen molar-refractivity contribution >= 4 is 0 Å². The van der Waals surface area contributed by atoms with E-state index in [0.717, 1.165) is 17.3 Å². The Bertz CT molecular complexity index is 589. The predicted octanol–water partition coefficient (Wildman–Crippen LogP) is 4.71. The number of benzene rings is 1. The van der Waals surface area contributed by atoms with E-state index < -0.39 is 0 Å². The Morgan fingerprint density at radius 2 is 1.76 bits per heavy atom. The molecule has 21 heavy (non-hydrogen) atoms. The van der Waals surface area contributed by atoms with Gasteiger partial charge in [0.2, 0.25) is 0 Å². The molecule has 1 aromatic heterocycles. The van der Waals surface area contributed by atoms with Gasteiger partial charge in [-0.25, -0.2) is 0 Å². The van der Waals surface area contributed by atoms with E-state index >= 15 is 0 Å². The standard InChI is InChI=1S/C18H25NO2/c1-6-20-18-10-8-7-9-16(18)13(3)19-14(4)17-11-12(2)21-15(17)5/h7-11,13-14,19H,6H2,1-5H3. The molecule has 0 amide bonds. The Morgan fingerprint density at radius 1 is 1.10 bits per heavy atom. The zero-order valence-corrected chi connectivity index (χ0v) is 13.6. The average Bonchev–Trinajstić information content (AvgIpc) is 2.78. The van der Waals surface area contributed by atoms with Gasteiger partial charge in [0.05, 0.1) is 6.61 Å². The van der Waals surface area contributed by atoms with Crippen LogP contribution in [0, 0.1) is 13.8 Å². The van der Waals surface area contributed by atoms with Crippen molar-refractivity contribution in [2.24, 2.45) is 0 Å². The Kier molecular flexibility index (Phi) is 5.07. The van der Waals surface area contributed by atoms with E-state index in [0.29, 0.717) is 6.61 Å². The van der Waals surface area contributed by atoms with Crippen LogP contribution < -0.4 is 10.1 Å². The second kappa shape index (κ2) is 6.81. The third-order valence-corrected chi connectivity index (χ3v) is 3.73. The van der Waals surface area contributed by atoms with Crippen LogP contribution in [0.2, 0.25) is 0 Å². The second-order valence-electron chi connectivity index (χ2n) is 5.45. The van der Waals surface area contributed by atoms with E-state index in [2.05, 4.69) is 31.3 Å². The third-order valence-electron chi connectivity index (χ3n) is 3.73. The normalized spacial score (nSPS) is 14.0. The number of furan rings is 1. The molecule has 0 bridgehead atoms. The number of hydrogen-bond donors (Lipinski definition) is 1. The molecule has 0 aliphatic heterocycles. The van der Waals surface area contributed by atoms with Crippen molar-refractivity contribution in [3.63, 3.8) is 0 Å². The lowest BCUT2D eigenvalue weighted by molar-refractivity contribution is 0.330. The molecule has 1 aromatic carbocycles. The van der Waals surface area contributed by atoms with Crippen molar-refractivity contribution in [3.05, 3.63) is 53.0 Å². The second-order valence-corrected chi connectivity index (χ2v) is 5.45. The maximum absolute atomic E-state index is 5.71. The van der Waals surface area contributed by atoms with E-state index in [-0.39, 0.29) is 12.1 Å². The lowest BCUT2D eigenvalue weighted by atomic mass is 10.0. The molecule has 3 nitrogen and oxygen atoms in total. The summed E-state index contributed by atoms with van der Waals surface area (Å²) < 4.78 is 11.3. The number of aryl methyl sites for hydroxylation is 2. The van der Waals surface area contributed by atoms with E-state index in [1.165, 1.54) is 11.1 Å². The summed E-state index contributed by atoms with van der Waals surface area (Å²) in [7, 11) is 0. The van der Waals surface area contributed by atoms with Gasteiger partial charge in [0, 0.05) is 23.2 Å². The fourth-order valence-electron chi connectivity index (χ4n) is 2.76. The molecule has 0 spiro atoms. The van der Waals surface area contributed by atoms with E-state index in [9.17, 15) is 0 Å². The summed E-state index contributed by atoms with van der Waals surface area (Å²) in [5, 5.41) is 3.63. The molecule has 3 heteroatoms. The van der Waals surface area contributed by atoms with Crippen molar-refractivity contribution in [3.8, 4) is 5.75 Å². The molecule has 0 radical (unpaired) electrons. The lowest BCUT2D eigenvalue weighted by Gasteiger charge is -2.22. The largest absolute Gasteiger partial charge is 0.494 e. The first-order valence-electron chi connectivity index (χ1n) is 7.57. The monoisotopic (exact) mass is 287 g/mol. The van der Waals surface area contributed by atoms with Crippen LogP contribution in [0.5, 0.6) is 5.75 Å². The van der Waals surface area contributed by atoms with Crippen LogP contribution in [0.1, 0.15) is 55.5 Å². The van der Waals surface area contributed by atoms with Crippen molar-refractivity contribution in [1.29, 1.82) is 0 Å². The summed E-state index contributed by atoms with van der Waals surface area (Å²) >= 11 is 0. The first kappa shape index (κ1) is 15.6. The molecule has 0 saturated carbocycles. The van der Waals surface area contributed by atoms with Crippen molar-refractivity contribution < 1.29 is 9.15 Å². The fraction of sp³-hybridized carbons (Fsp3) is 0.444. The number of nitrogens with one attached hydrogen (secondary N) is 1. The van der Waals surface area contributed by atoms with Crippen LogP contribution >= 0.6 is 0 Å². The molecule has 0 saturated heterocycles. The topological polar surface area (TPSA) is 34.4 Å². The highest BCUT2D eigenvalue weighted by Gasteiger charge is 2.17. The van der Waals surface area contributed by atoms with Gasteiger partial charge in [-0.3, -0.25) is 0 Å². The van der Waals surface area contributed by atoms with Gasteiger partial charge in [0.15, 0.2) is 0 Å². The van der Waals surface area contributed by atoms with Crippen LogP contribution in [-0.4, -0.2) is 6.61 Å². The SMILES string of the molecule is CCOc1ccccc1C(C)NC(C)c1cc(C)oc1C. The molecule has 0 fully saturated rings. The van der Waals surface area contributed by atoms with Crippen LogP contribution in [0.3, 0.4) is 0 Å². The minimum Gasteiger partial charge on any atom is -0.494 e. The van der Waals surface area contributed by atoms with Gasteiger partial charge in [-0.1, -0.05) is 18.2 Å². The molecular weight excluding hydrogens is 262 g/mol. The first-order chi connectivity index (χ1) is 10.0. The van der Waals surface area contributed by atoms with E-state index in [1.807, 2.05) is 39.0 Å². The van der Waals surface area contributed by atoms with Gasteiger partial charge in [0.1, 0.15) is 17.3 Å². The quantitative estimate of drug-likeness (QED) is 0.835. The Balaban J connectivity index is 2.14.